The summed E-state index contributed by atoms with van der Waals surface area (Å²) in [4.78, 5) is 41.7. The Balaban J connectivity index is 1.89. The molecule has 0 bridgehead atoms. The van der Waals surface area contributed by atoms with E-state index in [1.165, 1.54) is 18.2 Å². The molecule has 32 heavy (non-hydrogen) atoms. The highest BCUT2D eigenvalue weighted by molar-refractivity contribution is 6.03. The monoisotopic (exact) mass is 450 g/mol. The summed E-state index contributed by atoms with van der Waals surface area (Å²) in [6.45, 7) is -0.369. The average molecular weight is 450 g/mol. The van der Waals surface area contributed by atoms with E-state index >= 15 is 0 Å². The van der Waals surface area contributed by atoms with Crippen molar-refractivity contribution in [1.29, 1.82) is 0 Å². The minimum Gasteiger partial charge on any atom is -0.392 e. The fourth-order valence-electron chi connectivity index (χ4n) is 3.01. The lowest BCUT2D eigenvalue weighted by molar-refractivity contribution is -0.123. The molecule has 0 radical (unpaired) electrons. The quantitative estimate of drug-likeness (QED) is 0.405. The first-order chi connectivity index (χ1) is 15.1. The number of ether oxygens (including phenoxy) is 2. The van der Waals surface area contributed by atoms with Crippen LogP contribution in [0, 0.1) is 5.82 Å². The standard InChI is InChI=1S/C20H17F3N4O5/c1-19(20(22,23)9-31-8-16(24)27-19)13-6-12(3-4-14(13)21)26-17(29)15-5-2-11(7-25-15)18(30)32-10-28/h2-7,10H,8-9H2,1H3,(H2,24,27)(H,26,29). The van der Waals surface area contributed by atoms with Crippen LogP contribution in [0.15, 0.2) is 41.5 Å². The third-order valence-electron chi connectivity index (χ3n) is 4.75. The number of nitrogens with two attached hydrogens (primary N) is 1. The van der Waals surface area contributed by atoms with Crippen LogP contribution in [0.5, 0.6) is 0 Å². The first kappa shape index (κ1) is 22.9. The Morgan fingerprint density at radius 2 is 2.03 bits per heavy atom. The van der Waals surface area contributed by atoms with E-state index in [1.54, 1.807) is 0 Å². The van der Waals surface area contributed by atoms with Gasteiger partial charge in [-0.05, 0) is 37.3 Å². The van der Waals surface area contributed by atoms with Crippen molar-refractivity contribution in [1.82, 2.24) is 4.98 Å². The maximum atomic E-state index is 14.8. The lowest BCUT2D eigenvalue weighted by Crippen LogP contribution is -2.45. The highest BCUT2D eigenvalue weighted by atomic mass is 19.3. The number of aliphatic imine (C=N–C) groups is 1. The van der Waals surface area contributed by atoms with Gasteiger partial charge in [-0.1, -0.05) is 0 Å². The fourth-order valence-corrected chi connectivity index (χ4v) is 3.01. The number of alkyl halides is 2. The third kappa shape index (κ3) is 4.44. The molecule has 1 atom stereocenters. The van der Waals surface area contributed by atoms with Gasteiger partial charge in [-0.25, -0.2) is 18.0 Å². The van der Waals surface area contributed by atoms with E-state index in [2.05, 4.69) is 20.0 Å². The molecule has 12 heteroatoms. The van der Waals surface area contributed by atoms with E-state index in [9.17, 15) is 27.6 Å². The molecule has 1 aromatic carbocycles. The van der Waals surface area contributed by atoms with Gasteiger partial charge >= 0.3 is 12.4 Å². The summed E-state index contributed by atoms with van der Waals surface area (Å²) < 4.78 is 53.1. The van der Waals surface area contributed by atoms with Crippen molar-refractivity contribution in [2.45, 2.75) is 18.4 Å². The van der Waals surface area contributed by atoms with Gasteiger partial charge in [-0.3, -0.25) is 19.6 Å². The third-order valence-corrected chi connectivity index (χ3v) is 4.75. The van der Waals surface area contributed by atoms with Gasteiger partial charge in [0.2, 0.25) is 0 Å². The number of rotatable bonds is 5. The summed E-state index contributed by atoms with van der Waals surface area (Å²) in [6.07, 6.45) is 1.02. The van der Waals surface area contributed by atoms with Crippen LogP contribution in [0.4, 0.5) is 18.9 Å². The summed E-state index contributed by atoms with van der Waals surface area (Å²) in [5.41, 5.74) is 2.52. The number of carbonyl (C=O) groups is 3. The SMILES string of the molecule is CC1(c2cc(NC(=O)c3ccc(C(=O)OC=O)cn3)ccc2F)N=C(N)COCC1(F)F. The molecule has 3 N–H and O–H groups in total. The number of benzene rings is 1. The zero-order valence-electron chi connectivity index (χ0n) is 16.6. The number of amides is 1. The normalized spacial score (nSPS) is 19.9. The number of amidine groups is 1. The largest absolute Gasteiger partial charge is 0.392 e. The van der Waals surface area contributed by atoms with Crippen molar-refractivity contribution in [3.05, 3.63) is 59.2 Å². The Kier molecular flexibility index (Phi) is 6.25. The van der Waals surface area contributed by atoms with Gasteiger partial charge in [0.15, 0.2) is 5.54 Å². The molecule has 9 nitrogen and oxygen atoms in total. The van der Waals surface area contributed by atoms with Gasteiger partial charge < -0.3 is 20.5 Å². The zero-order valence-corrected chi connectivity index (χ0v) is 16.6. The van der Waals surface area contributed by atoms with Gasteiger partial charge in [0.1, 0.15) is 30.6 Å². The fraction of sp³-hybridized carbons (Fsp3) is 0.250. The Labute approximate surface area is 179 Å². The molecule has 2 heterocycles. The Morgan fingerprint density at radius 1 is 1.28 bits per heavy atom. The van der Waals surface area contributed by atoms with Crippen LogP contribution >= 0.6 is 0 Å². The predicted octanol–water partition coefficient (Wildman–Crippen LogP) is 2.02. The van der Waals surface area contributed by atoms with Gasteiger partial charge in [-0.2, -0.15) is 0 Å². The maximum Gasteiger partial charge on any atom is 0.347 e. The molecule has 1 aliphatic rings. The minimum atomic E-state index is -3.59. The summed E-state index contributed by atoms with van der Waals surface area (Å²) in [6, 6.07) is 5.50. The number of hydrogen-bond acceptors (Lipinski definition) is 8. The van der Waals surface area contributed by atoms with E-state index in [0.29, 0.717) is 0 Å². The highest BCUT2D eigenvalue weighted by Crippen LogP contribution is 2.44. The molecule has 0 saturated heterocycles. The number of anilines is 1. The Morgan fingerprint density at radius 3 is 2.69 bits per heavy atom. The van der Waals surface area contributed by atoms with Gasteiger partial charge in [-0.15, -0.1) is 0 Å². The molecule has 3 rings (SSSR count). The summed E-state index contributed by atoms with van der Waals surface area (Å²) in [5.74, 6) is -6.51. The van der Waals surface area contributed by atoms with E-state index in [1.807, 2.05) is 0 Å². The summed E-state index contributed by atoms with van der Waals surface area (Å²) in [7, 11) is 0. The molecular formula is C20H17F3N4O5. The molecular weight excluding hydrogens is 433 g/mol. The van der Waals surface area contributed by atoms with Crippen molar-refractivity contribution in [3.63, 3.8) is 0 Å². The molecule has 0 fully saturated rings. The number of aromatic nitrogens is 1. The van der Waals surface area contributed by atoms with Crippen molar-refractivity contribution in [2.24, 2.45) is 10.7 Å². The first-order valence-electron chi connectivity index (χ1n) is 9.09. The van der Waals surface area contributed by atoms with Gasteiger partial charge in [0, 0.05) is 17.4 Å². The predicted molar refractivity (Wildman–Crippen MR) is 105 cm³/mol. The molecule has 1 amide bonds. The van der Waals surface area contributed by atoms with Crippen LogP contribution in [0.2, 0.25) is 0 Å². The topological polar surface area (TPSA) is 133 Å². The molecule has 1 aliphatic heterocycles. The summed E-state index contributed by atoms with van der Waals surface area (Å²) >= 11 is 0. The van der Waals surface area contributed by atoms with Crippen LogP contribution in [-0.4, -0.2) is 48.3 Å². The van der Waals surface area contributed by atoms with Gasteiger partial charge in [0.25, 0.3) is 11.8 Å². The number of carbonyl (C=O) groups excluding carboxylic acids is 3. The zero-order chi connectivity index (χ0) is 23.5. The molecule has 0 aliphatic carbocycles. The van der Waals surface area contributed by atoms with Crippen LogP contribution in [0.1, 0.15) is 33.3 Å². The van der Waals surface area contributed by atoms with E-state index in [0.717, 1.165) is 25.3 Å². The van der Waals surface area contributed by atoms with Crippen molar-refractivity contribution in [3.8, 4) is 0 Å². The number of halogens is 3. The van der Waals surface area contributed by atoms with Gasteiger partial charge in [0.05, 0.1) is 5.56 Å². The number of esters is 1. The second-order valence-electron chi connectivity index (χ2n) is 6.96. The molecule has 0 spiro atoms. The lowest BCUT2D eigenvalue weighted by atomic mass is 9.85. The lowest BCUT2D eigenvalue weighted by Gasteiger charge is -2.33. The van der Waals surface area contributed by atoms with Crippen LogP contribution < -0.4 is 11.1 Å². The molecule has 1 aromatic heterocycles. The number of nitrogens with one attached hydrogen (secondary N) is 1. The number of nitrogens with zero attached hydrogens (tertiary/aromatic N) is 2. The van der Waals surface area contributed by atoms with Crippen LogP contribution in [-0.2, 0) is 19.8 Å². The second-order valence-corrected chi connectivity index (χ2v) is 6.96. The van der Waals surface area contributed by atoms with E-state index < -0.39 is 41.3 Å². The minimum absolute atomic E-state index is 0.00592. The summed E-state index contributed by atoms with van der Waals surface area (Å²) in [5, 5.41) is 2.41. The van der Waals surface area contributed by atoms with E-state index in [4.69, 9.17) is 10.5 Å². The molecule has 0 saturated carbocycles. The van der Waals surface area contributed by atoms with Crippen molar-refractivity contribution in [2.75, 3.05) is 18.5 Å². The molecule has 1 unspecified atom stereocenters. The Hall–Kier alpha value is -3.80. The molecule has 2 aromatic rings. The van der Waals surface area contributed by atoms with Crippen molar-refractivity contribution < 1.29 is 37.0 Å². The number of pyridine rings is 1. The molecule has 168 valence electrons. The maximum absolute atomic E-state index is 14.8. The van der Waals surface area contributed by atoms with Crippen LogP contribution in [0.3, 0.4) is 0 Å². The second kappa shape index (κ2) is 8.75. The van der Waals surface area contributed by atoms with E-state index in [-0.39, 0.29) is 35.9 Å². The smallest absolute Gasteiger partial charge is 0.347 e. The average Bonchev–Trinajstić information content (AvgIpc) is 2.84. The van der Waals surface area contributed by atoms with Crippen molar-refractivity contribution >= 4 is 29.9 Å². The first-order valence-corrected chi connectivity index (χ1v) is 9.09. The van der Waals surface area contributed by atoms with Crippen LogP contribution in [0.25, 0.3) is 0 Å². The highest BCUT2D eigenvalue weighted by Gasteiger charge is 2.54. The number of hydrogen-bond donors (Lipinski definition) is 2. The Bertz CT molecular complexity index is 1090.